The molecule has 1 saturated carbocycles. The molecule has 0 bridgehead atoms. The Labute approximate surface area is 114 Å². The topological polar surface area (TPSA) is 55.6 Å². The number of carbonyl (C=O) groups excluding carboxylic acids is 1. The Morgan fingerprint density at radius 2 is 2.16 bits per heavy atom. The summed E-state index contributed by atoms with van der Waals surface area (Å²) in [5, 5.41) is 0. The van der Waals surface area contributed by atoms with Crippen molar-refractivity contribution in [1.29, 1.82) is 0 Å². The van der Waals surface area contributed by atoms with Crippen LogP contribution in [0.2, 0.25) is 0 Å². The summed E-state index contributed by atoms with van der Waals surface area (Å²) in [4.78, 5) is 14.2. The Balaban J connectivity index is 2.37. The highest BCUT2D eigenvalue weighted by molar-refractivity contribution is 5.97. The van der Waals surface area contributed by atoms with Crippen molar-refractivity contribution in [1.82, 2.24) is 0 Å². The molecule has 0 saturated heterocycles. The molecular formula is C15H22N2O2. The molecule has 19 heavy (non-hydrogen) atoms. The maximum absolute atomic E-state index is 11.9. The van der Waals surface area contributed by atoms with Crippen molar-refractivity contribution in [2.24, 2.45) is 5.92 Å². The third-order valence-corrected chi connectivity index (χ3v) is 3.28. The third kappa shape index (κ3) is 3.19. The maximum Gasteiger partial charge on any atom is 0.340 e. The highest BCUT2D eigenvalue weighted by atomic mass is 16.5. The molecule has 1 aromatic rings. The standard InChI is InChI=1S/C15H22N2O2/c1-10(2)9-17(12-5-6-12)14-7-4-11(16)8-13(14)15(18)19-3/h4,7-8,10,12H,5-6,9,16H2,1-3H3. The summed E-state index contributed by atoms with van der Waals surface area (Å²) < 4.78 is 4.87. The van der Waals surface area contributed by atoms with Gasteiger partial charge in [0.2, 0.25) is 0 Å². The van der Waals surface area contributed by atoms with Crippen LogP contribution in [0.1, 0.15) is 37.0 Å². The van der Waals surface area contributed by atoms with E-state index in [4.69, 9.17) is 10.5 Å². The molecule has 1 aliphatic rings. The van der Waals surface area contributed by atoms with Crippen molar-refractivity contribution in [2.75, 3.05) is 24.3 Å². The minimum Gasteiger partial charge on any atom is -0.465 e. The number of hydrogen-bond acceptors (Lipinski definition) is 4. The number of nitrogens with two attached hydrogens (primary N) is 1. The number of esters is 1. The van der Waals surface area contributed by atoms with Crippen LogP contribution in [0.3, 0.4) is 0 Å². The first-order valence-electron chi connectivity index (χ1n) is 6.77. The van der Waals surface area contributed by atoms with Gasteiger partial charge in [-0.05, 0) is 37.0 Å². The Hall–Kier alpha value is -1.71. The highest BCUT2D eigenvalue weighted by Gasteiger charge is 2.31. The fourth-order valence-electron chi connectivity index (χ4n) is 2.30. The van der Waals surface area contributed by atoms with Crippen molar-refractivity contribution in [3.63, 3.8) is 0 Å². The molecule has 104 valence electrons. The molecule has 0 aromatic heterocycles. The van der Waals surface area contributed by atoms with Gasteiger partial charge >= 0.3 is 5.97 Å². The van der Waals surface area contributed by atoms with E-state index in [0.717, 1.165) is 12.2 Å². The fourth-order valence-corrected chi connectivity index (χ4v) is 2.30. The van der Waals surface area contributed by atoms with E-state index in [0.29, 0.717) is 23.2 Å². The molecule has 2 rings (SSSR count). The molecule has 4 nitrogen and oxygen atoms in total. The van der Waals surface area contributed by atoms with Crippen LogP contribution in [-0.2, 0) is 4.74 Å². The molecule has 0 atom stereocenters. The summed E-state index contributed by atoms with van der Waals surface area (Å²) in [5.74, 6) is 0.223. The lowest BCUT2D eigenvalue weighted by molar-refractivity contribution is 0.0601. The molecule has 0 amide bonds. The number of hydrogen-bond donors (Lipinski definition) is 1. The Morgan fingerprint density at radius 3 is 2.68 bits per heavy atom. The Kier molecular flexibility index (Phi) is 3.98. The van der Waals surface area contributed by atoms with Crippen LogP contribution in [0, 0.1) is 5.92 Å². The van der Waals surface area contributed by atoms with Gasteiger partial charge in [-0.1, -0.05) is 13.8 Å². The molecule has 1 aromatic carbocycles. The van der Waals surface area contributed by atoms with Crippen LogP contribution < -0.4 is 10.6 Å². The molecule has 0 unspecified atom stereocenters. The van der Waals surface area contributed by atoms with E-state index < -0.39 is 0 Å². The van der Waals surface area contributed by atoms with Gasteiger partial charge in [-0.2, -0.15) is 0 Å². The van der Waals surface area contributed by atoms with Crippen molar-refractivity contribution < 1.29 is 9.53 Å². The van der Waals surface area contributed by atoms with E-state index in [1.165, 1.54) is 20.0 Å². The monoisotopic (exact) mass is 262 g/mol. The van der Waals surface area contributed by atoms with Gasteiger partial charge in [-0.15, -0.1) is 0 Å². The fraction of sp³-hybridized carbons (Fsp3) is 0.533. The van der Waals surface area contributed by atoms with Gasteiger partial charge in [0.25, 0.3) is 0 Å². The predicted molar refractivity (Wildman–Crippen MR) is 77.4 cm³/mol. The molecular weight excluding hydrogens is 240 g/mol. The molecule has 0 spiro atoms. The minimum absolute atomic E-state index is 0.322. The zero-order valence-electron chi connectivity index (χ0n) is 11.8. The SMILES string of the molecule is COC(=O)c1cc(N)ccc1N(CC(C)C)C1CC1. The third-order valence-electron chi connectivity index (χ3n) is 3.28. The molecule has 0 aliphatic heterocycles. The smallest absolute Gasteiger partial charge is 0.340 e. The molecule has 0 radical (unpaired) electrons. The van der Waals surface area contributed by atoms with Crippen LogP contribution >= 0.6 is 0 Å². The summed E-state index contributed by atoms with van der Waals surface area (Å²) in [6, 6.07) is 6.03. The van der Waals surface area contributed by atoms with E-state index in [1.54, 1.807) is 6.07 Å². The van der Waals surface area contributed by atoms with Crippen LogP contribution in [0.25, 0.3) is 0 Å². The van der Waals surface area contributed by atoms with Gasteiger partial charge in [0, 0.05) is 18.3 Å². The van der Waals surface area contributed by atoms with Crippen LogP contribution in [0.15, 0.2) is 18.2 Å². The second kappa shape index (κ2) is 5.51. The number of anilines is 2. The lowest BCUT2D eigenvalue weighted by atomic mass is 10.1. The lowest BCUT2D eigenvalue weighted by Crippen LogP contribution is -2.31. The minimum atomic E-state index is -0.322. The molecule has 1 aliphatic carbocycles. The highest BCUT2D eigenvalue weighted by Crippen LogP contribution is 2.35. The van der Waals surface area contributed by atoms with Crippen molar-refractivity contribution in [3.8, 4) is 0 Å². The Bertz CT molecular complexity index is 467. The summed E-state index contributed by atoms with van der Waals surface area (Å²) in [7, 11) is 1.40. The van der Waals surface area contributed by atoms with E-state index >= 15 is 0 Å². The van der Waals surface area contributed by atoms with E-state index in [-0.39, 0.29) is 5.97 Å². The van der Waals surface area contributed by atoms with Crippen molar-refractivity contribution in [3.05, 3.63) is 23.8 Å². The lowest BCUT2D eigenvalue weighted by Gasteiger charge is -2.28. The first-order chi connectivity index (χ1) is 9.02. The predicted octanol–water partition coefficient (Wildman–Crippen LogP) is 2.68. The van der Waals surface area contributed by atoms with Crippen LogP contribution in [0.4, 0.5) is 11.4 Å². The second-order valence-electron chi connectivity index (χ2n) is 5.55. The van der Waals surface area contributed by atoms with Gasteiger partial charge in [0.05, 0.1) is 18.4 Å². The first kappa shape index (κ1) is 13.7. The summed E-state index contributed by atoms with van der Waals surface area (Å²) in [6.45, 7) is 5.31. The normalized spacial score (nSPS) is 14.5. The molecule has 0 heterocycles. The number of rotatable bonds is 5. The largest absolute Gasteiger partial charge is 0.465 e. The number of nitrogen functional groups attached to an aromatic ring is 1. The van der Waals surface area contributed by atoms with Crippen molar-refractivity contribution in [2.45, 2.75) is 32.7 Å². The zero-order chi connectivity index (χ0) is 14.0. The summed E-state index contributed by atoms with van der Waals surface area (Å²) >= 11 is 0. The first-order valence-corrected chi connectivity index (χ1v) is 6.77. The summed E-state index contributed by atoms with van der Waals surface area (Å²) in [6.07, 6.45) is 2.38. The van der Waals surface area contributed by atoms with Crippen LogP contribution in [-0.4, -0.2) is 25.7 Å². The molecule has 1 fully saturated rings. The Morgan fingerprint density at radius 1 is 1.47 bits per heavy atom. The van der Waals surface area contributed by atoms with Gasteiger partial charge in [0.15, 0.2) is 0 Å². The van der Waals surface area contributed by atoms with E-state index in [1.807, 2.05) is 12.1 Å². The average molecular weight is 262 g/mol. The van der Waals surface area contributed by atoms with E-state index in [9.17, 15) is 4.79 Å². The number of benzene rings is 1. The van der Waals surface area contributed by atoms with E-state index in [2.05, 4.69) is 18.7 Å². The van der Waals surface area contributed by atoms with Gasteiger partial charge in [-0.3, -0.25) is 0 Å². The number of nitrogens with zero attached hydrogens (tertiary/aromatic N) is 1. The van der Waals surface area contributed by atoms with Gasteiger partial charge in [-0.25, -0.2) is 4.79 Å². The number of methoxy groups -OCH3 is 1. The zero-order valence-corrected chi connectivity index (χ0v) is 11.8. The van der Waals surface area contributed by atoms with Crippen LogP contribution in [0.5, 0.6) is 0 Å². The van der Waals surface area contributed by atoms with Gasteiger partial charge < -0.3 is 15.4 Å². The molecule has 4 heteroatoms. The number of carbonyl (C=O) groups is 1. The quantitative estimate of drug-likeness (QED) is 0.654. The maximum atomic E-state index is 11.9. The van der Waals surface area contributed by atoms with Gasteiger partial charge in [0.1, 0.15) is 0 Å². The summed E-state index contributed by atoms with van der Waals surface area (Å²) in [5.41, 5.74) is 7.88. The number of ether oxygens (including phenoxy) is 1. The van der Waals surface area contributed by atoms with Crippen molar-refractivity contribution >= 4 is 17.3 Å². The molecule has 2 N–H and O–H groups in total. The second-order valence-corrected chi connectivity index (χ2v) is 5.55. The average Bonchev–Trinajstić information content (AvgIpc) is 3.19.